The minimum Gasteiger partial charge on any atom is -0.478 e. The number of nitrogens with zero attached hydrogens (tertiary/aromatic N) is 8. The average molecular weight is 993 g/mol. The molecule has 1 heterocycles. The Kier molecular flexibility index (Phi) is 15.9. The number of aromatic carboxylic acids is 1. The molecule has 0 atom stereocenters. The third-order valence-electron chi connectivity index (χ3n) is 8.18. The topological polar surface area (TPSA) is 368 Å². The van der Waals surface area contributed by atoms with Crippen molar-refractivity contribution in [3.8, 4) is 0 Å². The molecule has 0 saturated carbocycles. The number of carbonyl (C=O) groups is 1. The number of rotatable bonds is 21. The van der Waals surface area contributed by atoms with Crippen LogP contribution >= 0.6 is 36.0 Å². The maximum atomic E-state index is 12.8. The third kappa shape index (κ3) is 12.9. The number of hydrogen-bond donors (Lipinski definition) is 6. The lowest BCUT2D eigenvalue weighted by Gasteiger charge is -2.13. The zero-order chi connectivity index (χ0) is 46.7. The molecule has 0 aliphatic carbocycles. The van der Waals surface area contributed by atoms with Gasteiger partial charge in [-0.05, 0) is 84.4 Å². The number of nitro benzene ring substituents is 1. The summed E-state index contributed by atoms with van der Waals surface area (Å²) in [6.07, 6.45) is 0. The van der Waals surface area contributed by atoms with Crippen LogP contribution in [0.5, 0.6) is 0 Å². The second kappa shape index (κ2) is 21.5. The van der Waals surface area contributed by atoms with E-state index >= 15 is 0 Å². The lowest BCUT2D eigenvalue weighted by atomic mass is 10.1. The van der Waals surface area contributed by atoms with E-state index in [0.29, 0.717) is 39.5 Å². The van der Waals surface area contributed by atoms with Gasteiger partial charge in [0.2, 0.25) is 17.2 Å². The van der Waals surface area contributed by atoms with Gasteiger partial charge >= 0.3 is 5.97 Å². The molecule has 6 rings (SSSR count). The summed E-state index contributed by atoms with van der Waals surface area (Å²) >= 11 is 7.01. The van der Waals surface area contributed by atoms with Crippen LogP contribution in [0.2, 0.25) is 5.28 Å². The quantitative estimate of drug-likeness (QED) is 0.00744. The molecule has 338 valence electrons. The standard InChI is InChI=1S/C34H25ClN10O16S4/c35-32-38-33(40-34(39-32)37-27-9-3-19(15-25(27)31(46)47)42-41-18-1-4-20(5-2-18)45(48)49)36-26-11-12-28(23-8-6-21(16-24(23)26)62-60-58-50)43-44-29-10-7-22(17-30(29)65(54,55)56)64(52,53)14-13-57-63-61-59-51/h1-12,15-17,50-51H,13-14H2,(H,46,47)(H,54,55,56)(H2,36,37,38,39,40)/b42-41+,44-43-. The number of azo groups is 2. The van der Waals surface area contributed by atoms with E-state index in [1.54, 1.807) is 12.1 Å². The van der Waals surface area contributed by atoms with Crippen LogP contribution in [0.1, 0.15) is 10.4 Å². The van der Waals surface area contributed by atoms with Gasteiger partial charge in [-0.3, -0.25) is 18.9 Å². The van der Waals surface area contributed by atoms with Crippen LogP contribution in [-0.2, 0) is 42.9 Å². The van der Waals surface area contributed by atoms with E-state index in [-0.39, 0.29) is 63.5 Å². The molecule has 26 nitrogen and oxygen atoms in total. The Bertz CT molecular complexity index is 3050. The minimum absolute atomic E-state index is 0.0203. The maximum Gasteiger partial charge on any atom is 0.337 e. The molecule has 0 radical (unpaired) electrons. The lowest BCUT2D eigenvalue weighted by molar-refractivity contribution is -0.434. The molecule has 5 aromatic carbocycles. The van der Waals surface area contributed by atoms with Crippen molar-refractivity contribution in [2.24, 2.45) is 20.5 Å². The summed E-state index contributed by atoms with van der Waals surface area (Å²) in [5, 5.41) is 67.1. The molecule has 0 aliphatic heterocycles. The van der Waals surface area contributed by atoms with E-state index in [9.17, 15) is 41.4 Å². The smallest absolute Gasteiger partial charge is 0.337 e. The number of nitrogens with one attached hydrogen (secondary N) is 2. The first kappa shape index (κ1) is 48.1. The molecule has 0 amide bonds. The van der Waals surface area contributed by atoms with Crippen molar-refractivity contribution in [1.29, 1.82) is 0 Å². The Balaban J connectivity index is 1.28. The first-order valence-corrected chi connectivity index (χ1v) is 22.2. The number of anilines is 4. The van der Waals surface area contributed by atoms with Crippen molar-refractivity contribution in [2.45, 2.75) is 14.7 Å². The average Bonchev–Trinajstić information content (AvgIpc) is 3.27. The molecule has 0 saturated heterocycles. The molecule has 0 unspecified atom stereocenters. The van der Waals surface area contributed by atoms with E-state index in [0.717, 1.165) is 12.1 Å². The number of halogens is 1. The van der Waals surface area contributed by atoms with Crippen molar-refractivity contribution in [3.05, 3.63) is 112 Å². The largest absolute Gasteiger partial charge is 0.478 e. The maximum absolute atomic E-state index is 12.8. The number of benzene rings is 5. The van der Waals surface area contributed by atoms with E-state index in [1.807, 2.05) is 0 Å². The summed E-state index contributed by atoms with van der Waals surface area (Å²) in [5.41, 5.74) is -0.00222. The van der Waals surface area contributed by atoms with Crippen LogP contribution in [-0.4, -0.2) is 75.2 Å². The van der Waals surface area contributed by atoms with Crippen LogP contribution in [0, 0.1) is 10.1 Å². The van der Waals surface area contributed by atoms with E-state index < -0.39 is 58.7 Å². The summed E-state index contributed by atoms with van der Waals surface area (Å²) < 4.78 is 73.8. The fourth-order valence-electron chi connectivity index (χ4n) is 5.37. The molecule has 31 heteroatoms. The highest BCUT2D eigenvalue weighted by atomic mass is 35.5. The number of non-ortho nitro benzene ring substituents is 1. The Labute approximate surface area is 377 Å². The van der Waals surface area contributed by atoms with E-state index in [1.165, 1.54) is 60.7 Å². The molecular weight excluding hydrogens is 968 g/mol. The molecular formula is C34H25ClN10O16S4. The van der Waals surface area contributed by atoms with Gasteiger partial charge in [0.1, 0.15) is 10.6 Å². The monoisotopic (exact) mass is 992 g/mol. The summed E-state index contributed by atoms with van der Waals surface area (Å²) in [6, 6.07) is 19.6. The van der Waals surface area contributed by atoms with Gasteiger partial charge in [0.05, 0.1) is 62.5 Å². The van der Waals surface area contributed by atoms with Gasteiger partial charge in [-0.15, -0.1) is 18.9 Å². The molecule has 0 spiro atoms. The van der Waals surface area contributed by atoms with Gasteiger partial charge < -0.3 is 15.7 Å². The number of carboxylic acids is 1. The molecule has 6 N–H and O–H groups in total. The number of hydrogen-bond acceptors (Lipinski definition) is 25. The van der Waals surface area contributed by atoms with Crippen molar-refractivity contribution in [2.75, 3.05) is 23.0 Å². The third-order valence-corrected chi connectivity index (χ3v) is 11.9. The second-order valence-corrected chi connectivity index (χ2v) is 17.4. The Hall–Kier alpha value is -6.39. The van der Waals surface area contributed by atoms with E-state index in [4.69, 9.17) is 26.3 Å². The molecule has 0 aliphatic rings. The van der Waals surface area contributed by atoms with Crippen molar-refractivity contribution < 1.29 is 69.7 Å². The number of nitro groups is 1. The van der Waals surface area contributed by atoms with Crippen molar-refractivity contribution in [3.63, 3.8) is 0 Å². The fraction of sp³-hybridized carbons (Fsp3) is 0.0588. The summed E-state index contributed by atoms with van der Waals surface area (Å²) in [7, 11) is -9.25. The van der Waals surface area contributed by atoms with Gasteiger partial charge in [0.15, 0.2) is 22.2 Å². The lowest BCUT2D eigenvalue weighted by Crippen LogP contribution is -2.12. The van der Waals surface area contributed by atoms with Crippen molar-refractivity contribution in [1.82, 2.24) is 15.0 Å². The molecule has 65 heavy (non-hydrogen) atoms. The molecule has 6 aromatic rings. The fourth-order valence-corrected chi connectivity index (χ4v) is 8.08. The second-order valence-electron chi connectivity index (χ2n) is 12.2. The number of carboxylic acid groups (broad SMARTS) is 1. The van der Waals surface area contributed by atoms with Crippen LogP contribution < -0.4 is 10.6 Å². The van der Waals surface area contributed by atoms with Crippen LogP contribution in [0.25, 0.3) is 10.8 Å². The van der Waals surface area contributed by atoms with Gasteiger partial charge in [-0.2, -0.15) is 33.6 Å². The summed E-state index contributed by atoms with van der Waals surface area (Å²) in [4.78, 5) is 34.1. The van der Waals surface area contributed by atoms with Crippen LogP contribution in [0.3, 0.4) is 0 Å². The van der Waals surface area contributed by atoms with Gasteiger partial charge in [0, 0.05) is 33.5 Å². The predicted molar refractivity (Wildman–Crippen MR) is 228 cm³/mol. The number of sulfone groups is 1. The summed E-state index contributed by atoms with van der Waals surface area (Å²) in [5.74, 6) is -2.36. The van der Waals surface area contributed by atoms with Crippen LogP contribution in [0.4, 0.5) is 51.7 Å². The molecule has 0 fully saturated rings. The van der Waals surface area contributed by atoms with Crippen LogP contribution in [0.15, 0.2) is 126 Å². The summed E-state index contributed by atoms with van der Waals surface area (Å²) in [6.45, 7) is -0.469. The van der Waals surface area contributed by atoms with Gasteiger partial charge in [0.25, 0.3) is 15.8 Å². The highest BCUT2D eigenvalue weighted by Gasteiger charge is 2.23. The predicted octanol–water partition coefficient (Wildman–Crippen LogP) is 9.05. The van der Waals surface area contributed by atoms with Crippen molar-refractivity contribution >= 4 is 124 Å². The van der Waals surface area contributed by atoms with Gasteiger partial charge in [-0.25, -0.2) is 23.7 Å². The first-order valence-electron chi connectivity index (χ1n) is 17.3. The molecule has 0 bridgehead atoms. The zero-order valence-electron chi connectivity index (χ0n) is 31.9. The number of fused-ring (bicyclic) bond motifs is 1. The SMILES string of the molecule is O=C(O)c1cc(/N=N/c2ccc([N+](=O)[O-])cc2)ccc1Nc1nc(Cl)nc(Nc2ccc(/N=N\c3ccc(S(=O)(=O)CCOSOOO)cc3S(=O)(=O)O)c3ccc(SOOO)cc23)n1. The molecule has 1 aromatic heterocycles. The van der Waals surface area contributed by atoms with E-state index in [2.05, 4.69) is 64.8 Å². The Morgan fingerprint density at radius 2 is 1.42 bits per heavy atom. The number of aromatic nitrogens is 3. The zero-order valence-corrected chi connectivity index (χ0v) is 35.9. The Morgan fingerprint density at radius 3 is 2.09 bits per heavy atom. The highest BCUT2D eigenvalue weighted by molar-refractivity contribution is 7.94. The first-order chi connectivity index (χ1) is 31.0. The van der Waals surface area contributed by atoms with Gasteiger partial charge in [-0.1, -0.05) is 16.1 Å². The normalized spacial score (nSPS) is 12.0. The minimum atomic E-state index is -5.07. The Morgan fingerprint density at radius 1 is 0.769 bits per heavy atom. The highest BCUT2D eigenvalue weighted by Crippen LogP contribution is 2.38.